The molecule has 10 heteroatoms. The Kier molecular flexibility index (Phi) is 10.8. The molecule has 5 heterocycles. The second-order valence-corrected chi connectivity index (χ2v) is 26.4. The maximum Gasteiger partial charge on any atom is 0.162 e. The summed E-state index contributed by atoms with van der Waals surface area (Å²) in [4.78, 5) is 24.1. The van der Waals surface area contributed by atoms with Crippen LogP contribution in [-0.2, 0) is 20.1 Å². The van der Waals surface area contributed by atoms with Gasteiger partial charge in [-0.15, -0.1) is 54.1 Å². The van der Waals surface area contributed by atoms with Crippen molar-refractivity contribution in [1.82, 2.24) is 29.5 Å². The number of furan rings is 1. The van der Waals surface area contributed by atoms with Gasteiger partial charge >= 0.3 is 0 Å². The molecule has 0 N–H and O–H groups in total. The van der Waals surface area contributed by atoms with Crippen LogP contribution in [0.1, 0.15) is 0 Å². The Morgan fingerprint density at radius 2 is 1.25 bits per heavy atom. The Bertz CT molecular complexity index is 3010. The van der Waals surface area contributed by atoms with Gasteiger partial charge in [-0.1, -0.05) is 105 Å². The van der Waals surface area contributed by atoms with Gasteiger partial charge in [0.05, 0.1) is 11.1 Å². The van der Waals surface area contributed by atoms with Gasteiger partial charge in [0.2, 0.25) is 0 Å². The summed E-state index contributed by atoms with van der Waals surface area (Å²) in [5.41, 5.74) is 11.5. The minimum Gasteiger partial charge on any atom is -0.501 e. The van der Waals surface area contributed by atoms with E-state index >= 15 is 0 Å². The molecule has 5 aromatic carbocycles. The SMILES string of the molecule is C[Si](C)(C)c1nc(-c2ccc(-n3c4ccccc4c4cnc(-c5[c-]ccc6c5oc5ccccc56)cc43)cc2)nc([Si](C)(C)C)n1.[Ir].[c-]1ccccc1-c1ccccn1. The number of para-hydroxylation sites is 2. The van der Waals surface area contributed by atoms with Gasteiger partial charge in [0, 0.05) is 65.4 Å². The van der Waals surface area contributed by atoms with E-state index in [2.05, 4.69) is 128 Å². The number of aromatic nitrogens is 6. The van der Waals surface area contributed by atoms with E-state index in [1.807, 2.05) is 72.9 Å². The molecule has 0 aliphatic heterocycles. The van der Waals surface area contributed by atoms with Crippen molar-refractivity contribution in [3.63, 3.8) is 0 Å². The summed E-state index contributed by atoms with van der Waals surface area (Å²) < 4.78 is 8.66. The normalized spacial score (nSPS) is 11.8. The molecule has 59 heavy (non-hydrogen) atoms. The summed E-state index contributed by atoms with van der Waals surface area (Å²) in [7, 11) is -3.49. The van der Waals surface area contributed by atoms with Gasteiger partial charge in [-0.3, -0.25) is 0 Å². The summed E-state index contributed by atoms with van der Waals surface area (Å²) in [5, 5.41) is 4.41. The predicted molar refractivity (Wildman–Crippen MR) is 243 cm³/mol. The van der Waals surface area contributed by atoms with Crippen molar-refractivity contribution in [3.05, 3.63) is 158 Å². The van der Waals surface area contributed by atoms with E-state index in [4.69, 9.17) is 24.4 Å². The fourth-order valence-electron chi connectivity index (χ4n) is 7.17. The van der Waals surface area contributed by atoms with Crippen LogP contribution in [0.15, 0.2) is 150 Å². The maximum absolute atomic E-state index is 6.35. The van der Waals surface area contributed by atoms with E-state index in [1.165, 1.54) is 0 Å². The average Bonchev–Trinajstić information content (AvgIpc) is 3.79. The van der Waals surface area contributed by atoms with E-state index in [0.717, 1.165) is 94.2 Å². The number of benzene rings is 5. The smallest absolute Gasteiger partial charge is 0.162 e. The molecule has 0 aliphatic rings. The van der Waals surface area contributed by atoms with Crippen molar-refractivity contribution in [3.8, 4) is 39.6 Å². The first-order valence-electron chi connectivity index (χ1n) is 19.5. The molecule has 0 saturated heterocycles. The van der Waals surface area contributed by atoms with Gasteiger partial charge in [0.15, 0.2) is 5.82 Å². The minimum absolute atomic E-state index is 0. The second kappa shape index (κ2) is 16.0. The first-order chi connectivity index (χ1) is 28.0. The molecule has 7 nitrogen and oxygen atoms in total. The molecule has 0 aliphatic carbocycles. The molecule has 0 fully saturated rings. The van der Waals surface area contributed by atoms with Gasteiger partial charge in [0.25, 0.3) is 0 Å². The van der Waals surface area contributed by atoms with Crippen LogP contribution in [0.2, 0.25) is 39.3 Å². The Morgan fingerprint density at radius 1 is 0.559 bits per heavy atom. The zero-order valence-electron chi connectivity index (χ0n) is 33.8. The Labute approximate surface area is 359 Å². The van der Waals surface area contributed by atoms with Crippen molar-refractivity contribution in [2.75, 3.05) is 0 Å². The van der Waals surface area contributed by atoms with Crippen LogP contribution in [0.5, 0.6) is 0 Å². The third-order valence-corrected chi connectivity index (χ3v) is 13.3. The summed E-state index contributed by atoms with van der Waals surface area (Å²) >= 11 is 0. The van der Waals surface area contributed by atoms with Gasteiger partial charge in [-0.2, -0.15) is 0 Å². The quantitative estimate of drug-likeness (QED) is 0.122. The first kappa shape index (κ1) is 39.9. The van der Waals surface area contributed by atoms with E-state index in [9.17, 15) is 0 Å². The minimum atomic E-state index is -1.74. The Morgan fingerprint density at radius 3 is 1.95 bits per heavy atom. The van der Waals surface area contributed by atoms with Crippen molar-refractivity contribution in [2.45, 2.75) is 39.3 Å². The molecular formula is C49H42IrN6OSi2-2. The fraction of sp³-hybridized carbons (Fsp3) is 0.122. The first-order valence-corrected chi connectivity index (χ1v) is 26.5. The molecule has 0 atom stereocenters. The molecule has 293 valence electrons. The van der Waals surface area contributed by atoms with Crippen LogP contribution in [-0.4, -0.2) is 45.6 Å². The summed E-state index contributed by atoms with van der Waals surface area (Å²) in [6.45, 7) is 13.8. The topological polar surface area (TPSA) is 82.5 Å². The summed E-state index contributed by atoms with van der Waals surface area (Å²) in [5.74, 6) is 0.763. The van der Waals surface area contributed by atoms with Crippen molar-refractivity contribution < 1.29 is 24.5 Å². The van der Waals surface area contributed by atoms with Crippen LogP contribution in [0.3, 0.4) is 0 Å². The van der Waals surface area contributed by atoms with E-state index in [0.29, 0.717) is 0 Å². The number of pyridine rings is 2. The summed E-state index contributed by atoms with van der Waals surface area (Å²) in [6, 6.07) is 51.7. The molecule has 0 spiro atoms. The largest absolute Gasteiger partial charge is 0.501 e. The second-order valence-electron chi connectivity index (χ2n) is 16.5. The zero-order chi connectivity index (χ0) is 40.0. The number of hydrogen-bond donors (Lipinski definition) is 0. The van der Waals surface area contributed by atoms with Crippen molar-refractivity contribution in [2.24, 2.45) is 0 Å². The van der Waals surface area contributed by atoms with Crippen LogP contribution in [0.25, 0.3) is 83.3 Å². The van der Waals surface area contributed by atoms with Crippen molar-refractivity contribution >= 4 is 70.8 Å². The van der Waals surface area contributed by atoms with Crippen LogP contribution >= 0.6 is 0 Å². The molecule has 0 saturated carbocycles. The molecule has 5 aromatic heterocycles. The number of rotatable bonds is 6. The standard InChI is InChI=1S/C38H34N5OSi2.C11H8N.Ir/c1-45(2,3)37-40-36(41-38(42-37)46(4,5)6)24-18-20-25(21-19-24)43-32-16-9-7-12-26(32)30-23-39-31(22-33(30)43)29-15-11-14-28-27-13-8-10-17-34(27)44-35(28)29;1-2-6-10(7-3-1)11-8-4-5-9-12-11;/h7-14,16-23H,1-6H3;1-6,8-9H;/q2*-1;. The average molecular weight is 979 g/mol. The van der Waals surface area contributed by atoms with Gasteiger partial charge in [-0.05, 0) is 53.9 Å². The third-order valence-electron chi connectivity index (χ3n) is 10.2. The fourth-order valence-corrected chi connectivity index (χ4v) is 9.05. The van der Waals surface area contributed by atoms with Crippen LogP contribution in [0.4, 0.5) is 0 Å². The monoisotopic (exact) mass is 979 g/mol. The number of fused-ring (bicyclic) bond motifs is 6. The van der Waals surface area contributed by atoms with Gasteiger partial charge in [0.1, 0.15) is 32.6 Å². The molecule has 10 rings (SSSR count). The van der Waals surface area contributed by atoms with Crippen molar-refractivity contribution in [1.29, 1.82) is 0 Å². The predicted octanol–water partition coefficient (Wildman–Crippen LogP) is 11.0. The van der Waals surface area contributed by atoms with Crippen LogP contribution < -0.4 is 10.9 Å². The van der Waals surface area contributed by atoms with Gasteiger partial charge < -0.3 is 19.0 Å². The Balaban J connectivity index is 0.000000319. The molecule has 0 unspecified atom stereocenters. The molecule has 10 aromatic rings. The van der Waals surface area contributed by atoms with Gasteiger partial charge in [-0.25, -0.2) is 15.0 Å². The van der Waals surface area contributed by atoms with E-state index in [1.54, 1.807) is 6.20 Å². The zero-order valence-corrected chi connectivity index (χ0v) is 38.2. The van der Waals surface area contributed by atoms with E-state index in [-0.39, 0.29) is 20.1 Å². The van der Waals surface area contributed by atoms with E-state index < -0.39 is 16.1 Å². The molecule has 1 radical (unpaired) electrons. The number of nitrogens with zero attached hydrogens (tertiary/aromatic N) is 6. The summed E-state index contributed by atoms with van der Waals surface area (Å²) in [6.07, 6.45) is 3.77. The molecular weight excluding hydrogens is 937 g/mol. The van der Waals surface area contributed by atoms with Crippen LogP contribution in [0, 0.1) is 12.1 Å². The third kappa shape index (κ3) is 7.84. The maximum atomic E-state index is 6.35. The molecule has 0 amide bonds. The molecule has 0 bridgehead atoms. The number of hydrogen-bond acceptors (Lipinski definition) is 6. The Hall–Kier alpha value is -5.91.